The predicted molar refractivity (Wildman–Crippen MR) is 94.4 cm³/mol. The number of hydrogen-bond acceptors (Lipinski definition) is 2. The second-order valence-electron chi connectivity index (χ2n) is 5.73. The summed E-state index contributed by atoms with van der Waals surface area (Å²) in [6.45, 7) is 3.47. The van der Waals surface area contributed by atoms with Crippen molar-refractivity contribution in [3.8, 4) is 5.75 Å². The highest BCUT2D eigenvalue weighted by molar-refractivity contribution is 5.46. The zero-order valence-electron chi connectivity index (χ0n) is 13.9. The normalized spacial score (nSPS) is 10.5. The highest BCUT2D eigenvalue weighted by Gasteiger charge is 2.01. The molecule has 0 radical (unpaired) electrons. The van der Waals surface area contributed by atoms with E-state index in [1.807, 2.05) is 30.3 Å². The molecule has 2 aromatic carbocycles. The number of halogens is 1. The van der Waals surface area contributed by atoms with Crippen LogP contribution in [0.1, 0.15) is 44.6 Å². The Hall–Kier alpha value is -2.03. The van der Waals surface area contributed by atoms with Gasteiger partial charge in [0.1, 0.15) is 11.6 Å². The van der Waals surface area contributed by atoms with Gasteiger partial charge in [0, 0.05) is 17.8 Å². The van der Waals surface area contributed by atoms with Crippen molar-refractivity contribution in [1.29, 1.82) is 0 Å². The first-order valence-corrected chi connectivity index (χ1v) is 8.49. The van der Waals surface area contributed by atoms with Crippen LogP contribution in [0.25, 0.3) is 0 Å². The van der Waals surface area contributed by atoms with Gasteiger partial charge >= 0.3 is 0 Å². The summed E-state index contributed by atoms with van der Waals surface area (Å²) in [5, 5.41) is 3.22. The van der Waals surface area contributed by atoms with E-state index in [9.17, 15) is 4.39 Å². The van der Waals surface area contributed by atoms with Crippen LogP contribution in [0.2, 0.25) is 0 Å². The summed E-state index contributed by atoms with van der Waals surface area (Å²) in [6.07, 6.45) is 6.20. The first kappa shape index (κ1) is 17.3. The molecule has 0 aliphatic heterocycles. The molecule has 0 fully saturated rings. The average molecular weight is 315 g/mol. The SMILES string of the molecule is CCCCCCCOc1ccc(NCc2ccccc2F)cc1. The van der Waals surface area contributed by atoms with Crippen molar-refractivity contribution >= 4 is 5.69 Å². The van der Waals surface area contributed by atoms with Gasteiger partial charge < -0.3 is 10.1 Å². The molecule has 0 aliphatic rings. The van der Waals surface area contributed by atoms with E-state index in [1.165, 1.54) is 31.7 Å². The number of unbranched alkanes of at least 4 members (excludes halogenated alkanes) is 4. The summed E-state index contributed by atoms with van der Waals surface area (Å²) >= 11 is 0. The third-order valence-electron chi connectivity index (χ3n) is 3.81. The van der Waals surface area contributed by atoms with Gasteiger partial charge in [0.05, 0.1) is 6.61 Å². The molecule has 0 saturated carbocycles. The summed E-state index contributed by atoms with van der Waals surface area (Å²) < 4.78 is 19.3. The van der Waals surface area contributed by atoms with Gasteiger partial charge in [0.2, 0.25) is 0 Å². The Morgan fingerprint density at radius 3 is 2.39 bits per heavy atom. The van der Waals surface area contributed by atoms with Crippen molar-refractivity contribution in [1.82, 2.24) is 0 Å². The second kappa shape index (κ2) is 9.88. The number of nitrogens with one attached hydrogen (secondary N) is 1. The number of benzene rings is 2. The number of ether oxygens (including phenoxy) is 1. The Labute approximate surface area is 138 Å². The van der Waals surface area contributed by atoms with Crippen LogP contribution in [0.15, 0.2) is 48.5 Å². The molecule has 2 nitrogen and oxygen atoms in total. The third-order valence-corrected chi connectivity index (χ3v) is 3.81. The van der Waals surface area contributed by atoms with Gasteiger partial charge in [-0.3, -0.25) is 0 Å². The molecule has 0 aliphatic carbocycles. The van der Waals surface area contributed by atoms with Crippen LogP contribution in [0.4, 0.5) is 10.1 Å². The number of anilines is 1. The van der Waals surface area contributed by atoms with Crippen LogP contribution in [0.3, 0.4) is 0 Å². The van der Waals surface area contributed by atoms with E-state index in [-0.39, 0.29) is 5.82 Å². The quantitative estimate of drug-likeness (QED) is 0.560. The molecule has 1 N–H and O–H groups in total. The average Bonchev–Trinajstić information content (AvgIpc) is 2.58. The fourth-order valence-corrected chi connectivity index (χ4v) is 2.40. The lowest BCUT2D eigenvalue weighted by molar-refractivity contribution is 0.304. The second-order valence-corrected chi connectivity index (χ2v) is 5.73. The molecule has 2 aromatic rings. The van der Waals surface area contributed by atoms with E-state index < -0.39 is 0 Å². The lowest BCUT2D eigenvalue weighted by atomic mass is 10.2. The van der Waals surface area contributed by atoms with E-state index in [2.05, 4.69) is 12.2 Å². The Kier molecular flexibility index (Phi) is 7.44. The molecular formula is C20H26FNO. The molecule has 0 unspecified atom stereocenters. The van der Waals surface area contributed by atoms with Gasteiger partial charge in [0.25, 0.3) is 0 Å². The first-order valence-electron chi connectivity index (χ1n) is 8.49. The van der Waals surface area contributed by atoms with Gasteiger partial charge in [0.15, 0.2) is 0 Å². The van der Waals surface area contributed by atoms with Gasteiger partial charge in [-0.05, 0) is 36.8 Å². The Bertz CT molecular complexity index is 568. The summed E-state index contributed by atoms with van der Waals surface area (Å²) in [5.74, 6) is 0.708. The fraction of sp³-hybridized carbons (Fsp3) is 0.400. The minimum Gasteiger partial charge on any atom is -0.494 e. The van der Waals surface area contributed by atoms with Crippen molar-refractivity contribution in [3.63, 3.8) is 0 Å². The number of rotatable bonds is 10. The molecule has 0 amide bonds. The molecule has 3 heteroatoms. The molecule has 0 saturated heterocycles. The van der Waals surface area contributed by atoms with Gasteiger partial charge in [-0.2, -0.15) is 0 Å². The third kappa shape index (κ3) is 6.31. The molecule has 0 atom stereocenters. The fourth-order valence-electron chi connectivity index (χ4n) is 2.40. The van der Waals surface area contributed by atoms with Crippen LogP contribution in [0.5, 0.6) is 5.75 Å². The Balaban J connectivity index is 1.71. The minimum absolute atomic E-state index is 0.178. The minimum atomic E-state index is -0.178. The summed E-state index contributed by atoms with van der Waals surface area (Å²) in [4.78, 5) is 0. The van der Waals surface area contributed by atoms with Crippen LogP contribution in [0, 0.1) is 5.82 Å². The molecular weight excluding hydrogens is 289 g/mol. The summed E-state index contributed by atoms with van der Waals surface area (Å²) in [5.41, 5.74) is 1.63. The van der Waals surface area contributed by atoms with Crippen LogP contribution in [-0.2, 0) is 6.54 Å². The lowest BCUT2D eigenvalue weighted by Gasteiger charge is -2.09. The highest BCUT2D eigenvalue weighted by atomic mass is 19.1. The molecule has 0 bridgehead atoms. The monoisotopic (exact) mass is 315 g/mol. The summed E-state index contributed by atoms with van der Waals surface area (Å²) in [6, 6.07) is 14.7. The van der Waals surface area contributed by atoms with Crippen molar-refractivity contribution in [2.45, 2.75) is 45.6 Å². The first-order chi connectivity index (χ1) is 11.3. The maximum atomic E-state index is 13.5. The van der Waals surface area contributed by atoms with Crippen LogP contribution < -0.4 is 10.1 Å². The Morgan fingerprint density at radius 2 is 1.65 bits per heavy atom. The van der Waals surface area contributed by atoms with Crippen molar-refractivity contribution in [2.75, 3.05) is 11.9 Å². The largest absolute Gasteiger partial charge is 0.494 e. The van der Waals surface area contributed by atoms with Crippen molar-refractivity contribution < 1.29 is 9.13 Å². The zero-order chi connectivity index (χ0) is 16.3. The topological polar surface area (TPSA) is 21.3 Å². The van der Waals surface area contributed by atoms with Crippen molar-refractivity contribution in [2.24, 2.45) is 0 Å². The number of hydrogen-bond donors (Lipinski definition) is 1. The maximum Gasteiger partial charge on any atom is 0.128 e. The predicted octanol–water partition coefficient (Wildman–Crippen LogP) is 5.79. The van der Waals surface area contributed by atoms with Crippen LogP contribution in [-0.4, -0.2) is 6.61 Å². The molecule has 0 heterocycles. The van der Waals surface area contributed by atoms with E-state index in [0.29, 0.717) is 12.1 Å². The van der Waals surface area contributed by atoms with E-state index in [4.69, 9.17) is 4.74 Å². The standard InChI is InChI=1S/C20H26FNO/c1-2-3-4-5-8-15-23-19-13-11-18(12-14-19)22-16-17-9-6-7-10-20(17)21/h6-7,9-14,22H,2-5,8,15-16H2,1H3. The molecule has 0 spiro atoms. The highest BCUT2D eigenvalue weighted by Crippen LogP contribution is 2.17. The van der Waals surface area contributed by atoms with E-state index in [0.717, 1.165) is 24.5 Å². The van der Waals surface area contributed by atoms with E-state index in [1.54, 1.807) is 12.1 Å². The molecule has 124 valence electrons. The van der Waals surface area contributed by atoms with Crippen molar-refractivity contribution in [3.05, 3.63) is 59.9 Å². The molecule has 23 heavy (non-hydrogen) atoms. The lowest BCUT2D eigenvalue weighted by Crippen LogP contribution is -2.02. The molecule has 2 rings (SSSR count). The van der Waals surface area contributed by atoms with E-state index >= 15 is 0 Å². The van der Waals surface area contributed by atoms with Gasteiger partial charge in [-0.15, -0.1) is 0 Å². The maximum absolute atomic E-state index is 13.5. The van der Waals surface area contributed by atoms with Gasteiger partial charge in [-0.25, -0.2) is 4.39 Å². The smallest absolute Gasteiger partial charge is 0.128 e. The Morgan fingerprint density at radius 1 is 0.913 bits per heavy atom. The molecule has 0 aromatic heterocycles. The summed E-state index contributed by atoms with van der Waals surface area (Å²) in [7, 11) is 0. The van der Waals surface area contributed by atoms with Gasteiger partial charge in [-0.1, -0.05) is 50.8 Å². The van der Waals surface area contributed by atoms with Crippen LogP contribution >= 0.6 is 0 Å². The zero-order valence-corrected chi connectivity index (χ0v) is 13.9.